The van der Waals surface area contributed by atoms with Crippen LogP contribution in [0.1, 0.15) is 25.8 Å². The Bertz CT molecular complexity index is 413. The highest BCUT2D eigenvalue weighted by Crippen LogP contribution is 2.40. The van der Waals surface area contributed by atoms with E-state index in [1.165, 1.54) is 38.1 Å². The van der Waals surface area contributed by atoms with Crippen molar-refractivity contribution in [3.05, 3.63) is 34.9 Å². The van der Waals surface area contributed by atoms with E-state index in [0.29, 0.717) is 5.02 Å². The van der Waals surface area contributed by atoms with Crippen LogP contribution < -0.4 is 0 Å². The van der Waals surface area contributed by atoms with Gasteiger partial charge < -0.3 is 5.11 Å². The molecule has 1 N–H and O–H groups in total. The Hall–Kier alpha value is -1.16. The summed E-state index contributed by atoms with van der Waals surface area (Å²) < 4.78 is 27.7. The van der Waals surface area contributed by atoms with Gasteiger partial charge in [0, 0.05) is 17.0 Å². The normalized spacial score (nSPS) is 12.5. The largest absolute Gasteiger partial charge is 0.481 e. The van der Waals surface area contributed by atoms with Gasteiger partial charge in [-0.05, 0) is 26.0 Å². The second-order valence-electron chi connectivity index (χ2n) is 4.58. The van der Waals surface area contributed by atoms with Crippen molar-refractivity contribution in [1.82, 2.24) is 0 Å². The number of hydrogen-bond donors (Lipinski definition) is 1. The topological polar surface area (TPSA) is 37.3 Å². The fraction of sp³-hybridized carbons (Fsp3) is 0.417. The molecule has 0 fully saturated rings. The molecule has 0 aliphatic carbocycles. The molecule has 1 aromatic carbocycles. The van der Waals surface area contributed by atoms with Crippen LogP contribution in [0.25, 0.3) is 0 Å². The maximum Gasteiger partial charge on any atom is 0.309 e. The summed E-state index contributed by atoms with van der Waals surface area (Å²) in [4.78, 5) is 10.8. The van der Waals surface area contributed by atoms with Gasteiger partial charge in [-0.15, -0.1) is 0 Å². The van der Waals surface area contributed by atoms with E-state index in [9.17, 15) is 13.6 Å². The van der Waals surface area contributed by atoms with Crippen LogP contribution in [0.3, 0.4) is 0 Å². The van der Waals surface area contributed by atoms with Gasteiger partial charge in [0.05, 0.1) is 5.41 Å². The van der Waals surface area contributed by atoms with Crippen molar-refractivity contribution in [3.63, 3.8) is 0 Å². The fourth-order valence-corrected chi connectivity index (χ4v) is 1.55. The molecular weight excluding hydrogens is 250 g/mol. The first-order chi connectivity index (χ1) is 7.65. The van der Waals surface area contributed by atoms with E-state index in [1.54, 1.807) is 0 Å². The van der Waals surface area contributed by atoms with Gasteiger partial charge in [0.25, 0.3) is 5.92 Å². The first-order valence-corrected chi connectivity index (χ1v) is 5.40. The average Bonchev–Trinajstić information content (AvgIpc) is 2.16. The van der Waals surface area contributed by atoms with E-state index in [0.717, 1.165) is 0 Å². The predicted octanol–water partition coefficient (Wildman–Crippen LogP) is 3.93. The Labute approximate surface area is 103 Å². The molecule has 0 spiro atoms. The summed E-state index contributed by atoms with van der Waals surface area (Å²) in [5.74, 6) is -4.43. The highest BCUT2D eigenvalue weighted by Gasteiger charge is 2.42. The lowest BCUT2D eigenvalue weighted by molar-refractivity contribution is -0.153. The van der Waals surface area contributed by atoms with Gasteiger partial charge in [0.2, 0.25) is 0 Å². The van der Waals surface area contributed by atoms with Crippen molar-refractivity contribution >= 4 is 17.6 Å². The van der Waals surface area contributed by atoms with Crippen LogP contribution in [0, 0.1) is 5.41 Å². The lowest BCUT2D eigenvalue weighted by Crippen LogP contribution is -2.31. The van der Waals surface area contributed by atoms with E-state index in [1.807, 2.05) is 0 Å². The second kappa shape index (κ2) is 4.61. The zero-order valence-electron chi connectivity index (χ0n) is 9.51. The monoisotopic (exact) mass is 262 g/mol. The van der Waals surface area contributed by atoms with Crippen LogP contribution in [0.15, 0.2) is 24.3 Å². The summed E-state index contributed by atoms with van der Waals surface area (Å²) in [6.07, 6.45) is -0.753. The molecule has 0 aliphatic heterocycles. The van der Waals surface area contributed by atoms with E-state index in [-0.39, 0.29) is 5.56 Å². The Morgan fingerprint density at radius 3 is 2.18 bits per heavy atom. The summed E-state index contributed by atoms with van der Waals surface area (Å²) in [7, 11) is 0. The van der Waals surface area contributed by atoms with Crippen molar-refractivity contribution in [3.8, 4) is 0 Å². The highest BCUT2D eigenvalue weighted by atomic mass is 35.5. The molecule has 0 saturated heterocycles. The number of rotatable bonds is 4. The Kier molecular flexibility index (Phi) is 3.77. The Morgan fingerprint density at radius 2 is 1.76 bits per heavy atom. The number of aliphatic carboxylic acids is 1. The minimum atomic E-state index is -3.19. The van der Waals surface area contributed by atoms with Crippen molar-refractivity contribution in [2.75, 3.05) is 0 Å². The average molecular weight is 263 g/mol. The summed E-state index contributed by atoms with van der Waals surface area (Å²) in [5, 5.41) is 9.20. The third kappa shape index (κ3) is 3.40. The molecule has 1 aromatic rings. The first kappa shape index (κ1) is 13.9. The van der Waals surface area contributed by atoms with Crippen LogP contribution in [0.2, 0.25) is 5.02 Å². The third-order valence-electron chi connectivity index (χ3n) is 2.51. The number of carboxylic acid groups (broad SMARTS) is 1. The van der Waals surface area contributed by atoms with Gasteiger partial charge in [0.15, 0.2) is 0 Å². The second-order valence-corrected chi connectivity index (χ2v) is 5.01. The minimum Gasteiger partial charge on any atom is -0.481 e. The van der Waals surface area contributed by atoms with Gasteiger partial charge in [-0.1, -0.05) is 23.7 Å². The van der Waals surface area contributed by atoms with Crippen LogP contribution in [0.4, 0.5) is 8.78 Å². The lowest BCUT2D eigenvalue weighted by atomic mass is 9.84. The Morgan fingerprint density at radius 1 is 1.29 bits per heavy atom. The molecule has 0 saturated carbocycles. The molecule has 0 radical (unpaired) electrons. The molecule has 0 atom stereocenters. The molecule has 0 bridgehead atoms. The van der Waals surface area contributed by atoms with Gasteiger partial charge in [-0.2, -0.15) is 0 Å². The van der Waals surface area contributed by atoms with Crippen LogP contribution in [-0.2, 0) is 10.7 Å². The molecule has 1 rings (SSSR count). The molecule has 0 unspecified atom stereocenters. The van der Waals surface area contributed by atoms with E-state index in [2.05, 4.69) is 0 Å². The van der Waals surface area contributed by atoms with Crippen LogP contribution in [0.5, 0.6) is 0 Å². The molecule has 2 nitrogen and oxygen atoms in total. The third-order valence-corrected chi connectivity index (χ3v) is 2.76. The number of carbonyl (C=O) groups is 1. The number of halogens is 3. The molecule has 0 aliphatic rings. The molecule has 17 heavy (non-hydrogen) atoms. The zero-order chi connectivity index (χ0) is 13.3. The number of carboxylic acids is 1. The first-order valence-electron chi connectivity index (χ1n) is 5.02. The van der Waals surface area contributed by atoms with Crippen LogP contribution in [-0.4, -0.2) is 11.1 Å². The predicted molar refractivity (Wildman–Crippen MR) is 61.4 cm³/mol. The zero-order valence-corrected chi connectivity index (χ0v) is 10.3. The highest BCUT2D eigenvalue weighted by molar-refractivity contribution is 6.30. The summed E-state index contributed by atoms with van der Waals surface area (Å²) in [5.41, 5.74) is -1.71. The standard InChI is InChI=1S/C12H13ClF2O2/c1-11(2,10(16)17)7-12(14,15)8-3-5-9(13)6-4-8/h3-6H,7H2,1-2H3,(H,16,17). The molecule has 0 heterocycles. The lowest BCUT2D eigenvalue weighted by Gasteiger charge is -2.26. The fourth-order valence-electron chi connectivity index (χ4n) is 1.43. The summed E-state index contributed by atoms with van der Waals surface area (Å²) in [6.45, 7) is 2.55. The quantitative estimate of drug-likeness (QED) is 0.893. The number of alkyl halides is 2. The van der Waals surface area contributed by atoms with Crippen molar-refractivity contribution in [1.29, 1.82) is 0 Å². The smallest absolute Gasteiger partial charge is 0.309 e. The molecule has 94 valence electrons. The minimum absolute atomic E-state index is 0.226. The van der Waals surface area contributed by atoms with E-state index >= 15 is 0 Å². The SMILES string of the molecule is CC(C)(CC(F)(F)c1ccc(Cl)cc1)C(=O)O. The van der Waals surface area contributed by atoms with Gasteiger partial charge in [-0.3, -0.25) is 4.79 Å². The van der Waals surface area contributed by atoms with Crippen molar-refractivity contribution in [2.45, 2.75) is 26.2 Å². The Balaban J connectivity index is 2.96. The van der Waals surface area contributed by atoms with Gasteiger partial charge in [0.1, 0.15) is 0 Å². The van der Waals surface area contributed by atoms with Crippen LogP contribution >= 0.6 is 11.6 Å². The maximum atomic E-state index is 13.8. The summed E-state index contributed by atoms with van der Waals surface area (Å²) in [6, 6.07) is 5.14. The molecular formula is C12H13ClF2O2. The number of benzene rings is 1. The molecule has 0 aromatic heterocycles. The van der Waals surface area contributed by atoms with Crippen molar-refractivity contribution in [2.24, 2.45) is 5.41 Å². The molecule has 0 amide bonds. The van der Waals surface area contributed by atoms with Gasteiger partial charge in [-0.25, -0.2) is 8.78 Å². The van der Waals surface area contributed by atoms with E-state index < -0.39 is 23.7 Å². The van der Waals surface area contributed by atoms with Crippen molar-refractivity contribution < 1.29 is 18.7 Å². The molecule has 5 heteroatoms. The van der Waals surface area contributed by atoms with E-state index in [4.69, 9.17) is 16.7 Å². The number of hydrogen-bond acceptors (Lipinski definition) is 1. The maximum absolute atomic E-state index is 13.8. The summed E-state index contributed by atoms with van der Waals surface area (Å²) >= 11 is 5.61. The van der Waals surface area contributed by atoms with Gasteiger partial charge >= 0.3 is 5.97 Å².